The average Bonchev–Trinajstić information content (AvgIpc) is 1.82. The number of carbonyl (C=O) groups is 3. The van der Waals surface area contributed by atoms with E-state index in [9.17, 15) is 14.4 Å². The van der Waals surface area contributed by atoms with Crippen LogP contribution in [0.2, 0.25) is 0 Å². The molecular weight excluding hydrogens is 161 g/mol. The van der Waals surface area contributed by atoms with Crippen LogP contribution in [-0.4, -0.2) is 53.4 Å². The van der Waals surface area contributed by atoms with Gasteiger partial charge in [0.25, 0.3) is 11.8 Å². The van der Waals surface area contributed by atoms with Gasteiger partial charge in [0.15, 0.2) is 6.04 Å². The molecule has 0 bridgehead atoms. The fraction of sp³-hybridized carbons (Fsp3) is 0.250. The van der Waals surface area contributed by atoms with Gasteiger partial charge in [0, 0.05) is 0 Å². The van der Waals surface area contributed by atoms with Crippen molar-refractivity contribution >= 4 is 47.4 Å². The molecule has 1 saturated heterocycles. The van der Waals surface area contributed by atoms with Crippen LogP contribution in [0.3, 0.4) is 0 Å². The summed E-state index contributed by atoms with van der Waals surface area (Å²) in [7, 11) is 0. The standard InChI is InChI=1S/C4H5N3O3.Na.H/c5-1-2(8)6-4(10)7-3(1)9;;/h1H,5H2,(H2,6,7,8,9,10);;. The van der Waals surface area contributed by atoms with E-state index in [0.717, 1.165) is 0 Å². The Bertz CT molecular complexity index is 197. The molecule has 0 aromatic heterocycles. The molecular formula is C4H6N3NaO3. The second-order valence-electron chi connectivity index (χ2n) is 1.79. The molecule has 1 rings (SSSR count). The molecule has 0 aromatic carbocycles. The summed E-state index contributed by atoms with van der Waals surface area (Å²) in [4.78, 5) is 31.3. The zero-order chi connectivity index (χ0) is 7.72. The fourth-order valence-electron chi connectivity index (χ4n) is 0.530. The summed E-state index contributed by atoms with van der Waals surface area (Å²) >= 11 is 0. The molecule has 7 heteroatoms. The van der Waals surface area contributed by atoms with Gasteiger partial charge in [-0.3, -0.25) is 20.2 Å². The van der Waals surface area contributed by atoms with Crippen molar-refractivity contribution in [1.82, 2.24) is 10.6 Å². The number of hydrogen-bond acceptors (Lipinski definition) is 4. The molecule has 6 nitrogen and oxygen atoms in total. The number of urea groups is 1. The van der Waals surface area contributed by atoms with Crippen molar-refractivity contribution in [3.8, 4) is 0 Å². The normalized spacial score (nSPS) is 18.5. The molecule has 0 aliphatic carbocycles. The summed E-state index contributed by atoms with van der Waals surface area (Å²) < 4.78 is 0. The third-order valence-corrected chi connectivity index (χ3v) is 1.04. The molecule has 4 N–H and O–H groups in total. The number of imide groups is 2. The molecule has 1 aliphatic rings. The number of rotatable bonds is 0. The Kier molecular flexibility index (Phi) is 3.67. The van der Waals surface area contributed by atoms with Crippen LogP contribution in [0.1, 0.15) is 0 Å². The molecule has 0 saturated carbocycles. The maximum absolute atomic E-state index is 10.5. The van der Waals surface area contributed by atoms with Crippen molar-refractivity contribution in [2.45, 2.75) is 6.04 Å². The Morgan fingerprint density at radius 3 is 1.82 bits per heavy atom. The van der Waals surface area contributed by atoms with E-state index in [1.807, 2.05) is 10.6 Å². The van der Waals surface area contributed by atoms with Crippen LogP contribution in [0, 0.1) is 0 Å². The molecule has 0 radical (unpaired) electrons. The van der Waals surface area contributed by atoms with Gasteiger partial charge in [0.1, 0.15) is 0 Å². The topological polar surface area (TPSA) is 101 Å². The monoisotopic (exact) mass is 167 g/mol. The summed E-state index contributed by atoms with van der Waals surface area (Å²) in [6, 6.07) is -2.09. The zero-order valence-electron chi connectivity index (χ0n) is 4.88. The van der Waals surface area contributed by atoms with E-state index in [1.54, 1.807) is 0 Å². The molecule has 1 aliphatic heterocycles. The quantitative estimate of drug-likeness (QED) is 0.265. The van der Waals surface area contributed by atoms with E-state index in [4.69, 9.17) is 5.73 Å². The molecule has 0 unspecified atom stereocenters. The number of nitrogens with one attached hydrogen (secondary N) is 2. The second kappa shape index (κ2) is 3.82. The first-order valence-electron chi connectivity index (χ1n) is 2.52. The van der Waals surface area contributed by atoms with Crippen LogP contribution in [0.15, 0.2) is 0 Å². The number of nitrogens with two attached hydrogens (primary N) is 1. The van der Waals surface area contributed by atoms with E-state index in [2.05, 4.69) is 0 Å². The number of carbonyl (C=O) groups excluding carboxylic acids is 3. The minimum absolute atomic E-state index is 0. The van der Waals surface area contributed by atoms with Gasteiger partial charge in [-0.05, 0) is 0 Å². The Morgan fingerprint density at radius 2 is 1.45 bits per heavy atom. The van der Waals surface area contributed by atoms with Gasteiger partial charge in [-0.15, -0.1) is 0 Å². The van der Waals surface area contributed by atoms with E-state index in [0.29, 0.717) is 0 Å². The maximum atomic E-state index is 10.5. The van der Waals surface area contributed by atoms with Crippen molar-refractivity contribution in [1.29, 1.82) is 0 Å². The van der Waals surface area contributed by atoms with Crippen LogP contribution < -0.4 is 16.4 Å². The first-order valence-corrected chi connectivity index (χ1v) is 2.52. The van der Waals surface area contributed by atoms with Crippen molar-refractivity contribution < 1.29 is 14.4 Å². The van der Waals surface area contributed by atoms with Crippen LogP contribution in [0.5, 0.6) is 0 Å². The Labute approximate surface area is 84.2 Å². The van der Waals surface area contributed by atoms with Gasteiger partial charge >= 0.3 is 35.6 Å². The molecule has 0 spiro atoms. The molecule has 1 fully saturated rings. The van der Waals surface area contributed by atoms with E-state index in [-0.39, 0.29) is 29.6 Å². The summed E-state index contributed by atoms with van der Waals surface area (Å²) in [5, 5.41) is 3.65. The molecule has 1 heterocycles. The zero-order valence-corrected chi connectivity index (χ0v) is 4.88. The van der Waals surface area contributed by atoms with Crippen LogP contribution in [0.4, 0.5) is 4.79 Å². The average molecular weight is 167 g/mol. The minimum atomic E-state index is -1.27. The Balaban J connectivity index is 0.000001000. The number of barbiturate groups is 1. The third kappa shape index (κ3) is 2.26. The SMILES string of the molecule is NC1C(=O)NC(=O)NC1=O.[NaH]. The van der Waals surface area contributed by atoms with Gasteiger partial charge in [-0.1, -0.05) is 0 Å². The fourth-order valence-corrected chi connectivity index (χ4v) is 0.530. The second-order valence-corrected chi connectivity index (χ2v) is 1.79. The van der Waals surface area contributed by atoms with Crippen LogP contribution >= 0.6 is 0 Å². The summed E-state index contributed by atoms with van der Waals surface area (Å²) in [6.45, 7) is 0. The van der Waals surface area contributed by atoms with Gasteiger partial charge in [0.2, 0.25) is 0 Å². The van der Waals surface area contributed by atoms with Gasteiger partial charge in [-0.25, -0.2) is 4.79 Å². The summed E-state index contributed by atoms with van der Waals surface area (Å²) in [5.41, 5.74) is 5.01. The van der Waals surface area contributed by atoms with Gasteiger partial charge in [0.05, 0.1) is 0 Å². The van der Waals surface area contributed by atoms with Gasteiger partial charge < -0.3 is 5.73 Å². The molecule has 4 amide bonds. The van der Waals surface area contributed by atoms with Crippen molar-refractivity contribution in [2.24, 2.45) is 5.73 Å². The summed E-state index contributed by atoms with van der Waals surface area (Å²) in [5.74, 6) is -1.54. The number of amides is 4. The van der Waals surface area contributed by atoms with Crippen LogP contribution in [0.25, 0.3) is 0 Å². The van der Waals surface area contributed by atoms with E-state index >= 15 is 0 Å². The van der Waals surface area contributed by atoms with E-state index in [1.165, 1.54) is 0 Å². The first kappa shape index (κ1) is 10.6. The molecule has 56 valence electrons. The van der Waals surface area contributed by atoms with Crippen molar-refractivity contribution in [2.75, 3.05) is 0 Å². The Morgan fingerprint density at radius 1 is 1.09 bits per heavy atom. The van der Waals surface area contributed by atoms with Crippen LogP contribution in [-0.2, 0) is 9.59 Å². The third-order valence-electron chi connectivity index (χ3n) is 1.04. The van der Waals surface area contributed by atoms with Gasteiger partial charge in [-0.2, -0.15) is 0 Å². The predicted octanol–water partition coefficient (Wildman–Crippen LogP) is -2.97. The first-order chi connectivity index (χ1) is 4.61. The predicted molar refractivity (Wildman–Crippen MR) is 36.8 cm³/mol. The molecule has 11 heavy (non-hydrogen) atoms. The van der Waals surface area contributed by atoms with Crippen molar-refractivity contribution in [3.05, 3.63) is 0 Å². The Hall–Kier alpha value is -0.430. The summed E-state index contributed by atoms with van der Waals surface area (Å²) in [6.07, 6.45) is 0. The molecule has 0 aromatic rings. The molecule has 0 atom stereocenters. The van der Waals surface area contributed by atoms with E-state index < -0.39 is 23.9 Å². The van der Waals surface area contributed by atoms with Crippen molar-refractivity contribution in [3.63, 3.8) is 0 Å². The number of hydrogen-bond donors (Lipinski definition) is 3.